The number of aromatic nitrogens is 1. The van der Waals surface area contributed by atoms with Gasteiger partial charge in [-0.25, -0.2) is 14.2 Å². The molecule has 1 N–H and O–H groups in total. The first kappa shape index (κ1) is 19.9. The van der Waals surface area contributed by atoms with E-state index in [0.717, 1.165) is 49.3 Å². The van der Waals surface area contributed by atoms with Crippen LogP contribution in [0.5, 0.6) is 0 Å². The maximum atomic E-state index is 13.1. The Bertz CT molecular complexity index is 957. The Hall–Kier alpha value is -3.40. The molecular formula is C23H24FN5O. The number of rotatable bonds is 3. The Morgan fingerprint density at radius 1 is 1.13 bits per heavy atom. The number of nitriles is 1. The summed E-state index contributed by atoms with van der Waals surface area (Å²) < 4.78 is 13.1. The zero-order valence-corrected chi connectivity index (χ0v) is 16.7. The summed E-state index contributed by atoms with van der Waals surface area (Å²) in [7, 11) is 0. The van der Waals surface area contributed by atoms with Crippen molar-refractivity contribution in [3.8, 4) is 6.07 Å². The average Bonchev–Trinajstić information content (AvgIpc) is 2.80. The van der Waals surface area contributed by atoms with Crippen molar-refractivity contribution in [3.63, 3.8) is 0 Å². The van der Waals surface area contributed by atoms with E-state index in [0.29, 0.717) is 18.7 Å². The van der Waals surface area contributed by atoms with Crippen LogP contribution < -0.4 is 10.2 Å². The molecule has 2 amide bonds. The van der Waals surface area contributed by atoms with Crippen LogP contribution in [-0.2, 0) is 0 Å². The van der Waals surface area contributed by atoms with Crippen LogP contribution in [-0.4, -0.2) is 48.1 Å². The first-order valence-corrected chi connectivity index (χ1v) is 10.2. The van der Waals surface area contributed by atoms with E-state index in [1.54, 1.807) is 24.4 Å². The van der Waals surface area contributed by atoms with Crippen molar-refractivity contribution in [2.45, 2.75) is 25.3 Å². The summed E-state index contributed by atoms with van der Waals surface area (Å²) in [6.07, 6.45) is 6.13. The minimum Gasteiger partial charge on any atom is -0.356 e. The fourth-order valence-corrected chi connectivity index (χ4v) is 3.94. The molecule has 0 bridgehead atoms. The lowest BCUT2D eigenvalue weighted by molar-refractivity contribution is 0.196. The molecule has 2 aromatic rings. The number of pyridine rings is 1. The van der Waals surface area contributed by atoms with E-state index in [9.17, 15) is 9.18 Å². The summed E-state index contributed by atoms with van der Waals surface area (Å²) in [5, 5.41) is 12.0. The molecule has 0 atom stereocenters. The van der Waals surface area contributed by atoms with E-state index in [1.165, 1.54) is 12.1 Å². The van der Waals surface area contributed by atoms with Gasteiger partial charge in [0.1, 0.15) is 17.7 Å². The van der Waals surface area contributed by atoms with Crippen LogP contribution in [0.2, 0.25) is 0 Å². The number of urea groups is 1. The summed E-state index contributed by atoms with van der Waals surface area (Å²) in [5.74, 6) is 0.630. The molecule has 1 fully saturated rings. The van der Waals surface area contributed by atoms with Crippen molar-refractivity contribution in [3.05, 3.63) is 65.6 Å². The van der Waals surface area contributed by atoms with Gasteiger partial charge in [-0.15, -0.1) is 0 Å². The molecule has 0 unspecified atom stereocenters. The number of nitrogens with one attached hydrogen (secondary N) is 1. The maximum Gasteiger partial charge on any atom is 0.317 e. The summed E-state index contributed by atoms with van der Waals surface area (Å²) in [4.78, 5) is 21.0. The van der Waals surface area contributed by atoms with Gasteiger partial charge in [0.05, 0.1) is 5.56 Å². The van der Waals surface area contributed by atoms with Crippen LogP contribution >= 0.6 is 0 Å². The van der Waals surface area contributed by atoms with Crippen LogP contribution in [0.1, 0.15) is 30.4 Å². The van der Waals surface area contributed by atoms with Gasteiger partial charge in [-0.3, -0.25) is 0 Å². The van der Waals surface area contributed by atoms with Crippen LogP contribution in [0, 0.1) is 17.1 Å². The number of piperidine rings is 1. The second-order valence-electron chi connectivity index (χ2n) is 7.66. The standard InChI is InChI=1S/C23H24FN5O/c24-20-4-2-18(3-5-20)19-7-11-29(12-8-19)23(30)27-21-9-13-28(14-10-21)22-6-1-17(15-25)16-26-22/h1-7,16,21H,8-14H2,(H,27,30). The minimum absolute atomic E-state index is 0.0284. The number of halogens is 1. The Labute approximate surface area is 175 Å². The number of carbonyl (C=O) groups is 1. The van der Waals surface area contributed by atoms with Crippen molar-refractivity contribution >= 4 is 17.4 Å². The molecule has 4 rings (SSSR count). The predicted octanol–water partition coefficient (Wildman–Crippen LogP) is 3.56. The number of amides is 2. The Kier molecular flexibility index (Phi) is 5.94. The van der Waals surface area contributed by atoms with Gasteiger partial charge in [-0.05, 0) is 54.7 Å². The summed E-state index contributed by atoms with van der Waals surface area (Å²) in [6.45, 7) is 2.85. The highest BCUT2D eigenvalue weighted by molar-refractivity contribution is 5.77. The second kappa shape index (κ2) is 8.95. The van der Waals surface area contributed by atoms with Gasteiger partial charge in [0.15, 0.2) is 0 Å². The van der Waals surface area contributed by atoms with E-state index in [-0.39, 0.29) is 17.9 Å². The smallest absolute Gasteiger partial charge is 0.317 e. The molecule has 0 aliphatic carbocycles. The Balaban J connectivity index is 1.26. The van der Waals surface area contributed by atoms with Crippen molar-refractivity contribution in [2.75, 3.05) is 31.1 Å². The van der Waals surface area contributed by atoms with E-state index in [1.807, 2.05) is 11.0 Å². The van der Waals surface area contributed by atoms with Crippen LogP contribution in [0.25, 0.3) is 5.57 Å². The van der Waals surface area contributed by atoms with Crippen LogP contribution in [0.15, 0.2) is 48.7 Å². The van der Waals surface area contributed by atoms with Gasteiger partial charge >= 0.3 is 6.03 Å². The van der Waals surface area contributed by atoms with Crippen molar-refractivity contribution in [1.29, 1.82) is 5.26 Å². The molecule has 7 heteroatoms. The lowest BCUT2D eigenvalue weighted by Crippen LogP contribution is -2.50. The largest absolute Gasteiger partial charge is 0.356 e. The molecule has 1 aromatic heterocycles. The first-order chi connectivity index (χ1) is 14.6. The van der Waals surface area contributed by atoms with Crippen molar-refractivity contribution in [1.82, 2.24) is 15.2 Å². The molecule has 2 aliphatic rings. The third-order valence-electron chi connectivity index (χ3n) is 5.73. The van der Waals surface area contributed by atoms with Crippen LogP contribution in [0.3, 0.4) is 0 Å². The first-order valence-electron chi connectivity index (χ1n) is 10.2. The van der Waals surface area contributed by atoms with Gasteiger partial charge in [0.25, 0.3) is 0 Å². The molecule has 6 nitrogen and oxygen atoms in total. The van der Waals surface area contributed by atoms with E-state index in [2.05, 4.69) is 27.3 Å². The fourth-order valence-electron chi connectivity index (χ4n) is 3.94. The van der Waals surface area contributed by atoms with E-state index < -0.39 is 0 Å². The molecule has 3 heterocycles. The number of carbonyl (C=O) groups excluding carboxylic acids is 1. The SMILES string of the molecule is N#Cc1ccc(N2CCC(NC(=O)N3CC=C(c4ccc(F)cc4)CC3)CC2)nc1. The normalized spacial score (nSPS) is 17.3. The second-order valence-corrected chi connectivity index (χ2v) is 7.66. The number of anilines is 1. The molecule has 1 aromatic carbocycles. The quantitative estimate of drug-likeness (QED) is 0.848. The summed E-state index contributed by atoms with van der Waals surface area (Å²) in [5.41, 5.74) is 2.72. The van der Waals surface area contributed by atoms with Crippen molar-refractivity contribution < 1.29 is 9.18 Å². The lowest BCUT2D eigenvalue weighted by atomic mass is 9.99. The molecule has 1 saturated heterocycles. The van der Waals surface area contributed by atoms with Gasteiger partial charge in [0.2, 0.25) is 0 Å². The number of nitrogens with zero attached hydrogens (tertiary/aromatic N) is 4. The third kappa shape index (κ3) is 4.60. The fraction of sp³-hybridized carbons (Fsp3) is 0.348. The molecule has 154 valence electrons. The topological polar surface area (TPSA) is 72.3 Å². The lowest BCUT2D eigenvalue weighted by Gasteiger charge is -2.35. The van der Waals surface area contributed by atoms with E-state index >= 15 is 0 Å². The molecule has 2 aliphatic heterocycles. The van der Waals surface area contributed by atoms with Gasteiger partial charge in [-0.1, -0.05) is 18.2 Å². The van der Waals surface area contributed by atoms with Crippen molar-refractivity contribution in [2.24, 2.45) is 0 Å². The maximum absolute atomic E-state index is 13.1. The average molecular weight is 405 g/mol. The predicted molar refractivity (Wildman–Crippen MR) is 113 cm³/mol. The molecule has 30 heavy (non-hydrogen) atoms. The van der Waals surface area contributed by atoms with Gasteiger partial charge in [0, 0.05) is 38.4 Å². The highest BCUT2D eigenvalue weighted by atomic mass is 19.1. The Morgan fingerprint density at radius 2 is 1.90 bits per heavy atom. The number of benzene rings is 1. The summed E-state index contributed by atoms with van der Waals surface area (Å²) in [6, 6.07) is 12.4. The Morgan fingerprint density at radius 3 is 2.50 bits per heavy atom. The monoisotopic (exact) mass is 405 g/mol. The minimum atomic E-state index is -0.239. The summed E-state index contributed by atoms with van der Waals surface area (Å²) >= 11 is 0. The number of hydrogen-bond acceptors (Lipinski definition) is 4. The molecule has 0 spiro atoms. The van der Waals surface area contributed by atoms with Crippen LogP contribution in [0.4, 0.5) is 15.0 Å². The zero-order valence-electron chi connectivity index (χ0n) is 16.7. The highest BCUT2D eigenvalue weighted by Gasteiger charge is 2.24. The third-order valence-corrected chi connectivity index (χ3v) is 5.73. The van der Waals surface area contributed by atoms with Gasteiger partial charge < -0.3 is 15.1 Å². The molecule has 0 radical (unpaired) electrons. The zero-order chi connectivity index (χ0) is 20.9. The van der Waals surface area contributed by atoms with Gasteiger partial charge in [-0.2, -0.15) is 5.26 Å². The van der Waals surface area contributed by atoms with E-state index in [4.69, 9.17) is 5.26 Å². The molecular weight excluding hydrogens is 381 g/mol. The number of hydrogen-bond donors (Lipinski definition) is 1. The molecule has 0 saturated carbocycles. The highest BCUT2D eigenvalue weighted by Crippen LogP contribution is 2.23.